The first-order valence-electron chi connectivity index (χ1n) is 9.50. The Balaban J connectivity index is 1.47. The molecule has 1 saturated heterocycles. The summed E-state index contributed by atoms with van der Waals surface area (Å²) in [7, 11) is 0. The Labute approximate surface area is 170 Å². The van der Waals surface area contributed by atoms with E-state index in [0.717, 1.165) is 44.1 Å². The number of aliphatic hydroxyl groups excluding tert-OH is 1. The number of hydrogen-bond acceptors (Lipinski definition) is 7. The Morgan fingerprint density at radius 2 is 1.83 bits per heavy atom. The largest absolute Gasteiger partial charge is 0.416 e. The maximum absolute atomic E-state index is 12.9. The maximum Gasteiger partial charge on any atom is 0.416 e. The second kappa shape index (κ2) is 8.41. The van der Waals surface area contributed by atoms with Gasteiger partial charge in [0.1, 0.15) is 5.82 Å². The molecule has 3 aromatic rings. The highest BCUT2D eigenvalue weighted by Crippen LogP contribution is 2.32. The molecule has 0 radical (unpaired) electrons. The Hall–Kier alpha value is -2.98. The van der Waals surface area contributed by atoms with Crippen LogP contribution in [-0.2, 0) is 6.18 Å². The molecule has 1 fully saturated rings. The SMILES string of the molecule is OCCN1CCN(c2ccc(-c3nc(-c4cccc(C(F)(F)F)c4)no3)cn2)CC1. The van der Waals surface area contributed by atoms with Crippen molar-refractivity contribution in [3.63, 3.8) is 0 Å². The van der Waals surface area contributed by atoms with Gasteiger partial charge in [-0.25, -0.2) is 4.98 Å². The number of nitrogens with zero attached hydrogens (tertiary/aromatic N) is 5. The quantitative estimate of drug-likeness (QED) is 0.681. The van der Waals surface area contributed by atoms with Crippen LogP contribution in [0.2, 0.25) is 0 Å². The van der Waals surface area contributed by atoms with Gasteiger partial charge in [0.15, 0.2) is 0 Å². The minimum atomic E-state index is -4.44. The van der Waals surface area contributed by atoms with Crippen molar-refractivity contribution >= 4 is 5.82 Å². The highest BCUT2D eigenvalue weighted by molar-refractivity contribution is 5.61. The van der Waals surface area contributed by atoms with Gasteiger partial charge in [0, 0.05) is 44.5 Å². The maximum atomic E-state index is 12.9. The highest BCUT2D eigenvalue weighted by Gasteiger charge is 2.30. The number of anilines is 1. The number of pyridine rings is 1. The molecule has 0 unspecified atom stereocenters. The van der Waals surface area contributed by atoms with Crippen molar-refractivity contribution in [2.45, 2.75) is 6.18 Å². The first-order valence-corrected chi connectivity index (χ1v) is 9.50. The third-order valence-electron chi connectivity index (χ3n) is 4.98. The average Bonchev–Trinajstić information content (AvgIpc) is 3.25. The zero-order valence-electron chi connectivity index (χ0n) is 16.0. The molecule has 4 rings (SSSR count). The first-order chi connectivity index (χ1) is 14.4. The van der Waals surface area contributed by atoms with Crippen molar-refractivity contribution in [2.75, 3.05) is 44.2 Å². The molecule has 1 aromatic carbocycles. The standard InChI is InChI=1S/C20H20F3N5O2/c21-20(22,23)16-3-1-2-14(12-16)18-25-19(30-26-18)15-4-5-17(24-13-15)28-8-6-27(7-9-28)10-11-29/h1-5,12-13,29H,6-11H2. The molecule has 7 nitrogen and oxygen atoms in total. The van der Waals surface area contributed by atoms with Crippen molar-refractivity contribution < 1.29 is 22.8 Å². The fraction of sp³-hybridized carbons (Fsp3) is 0.350. The van der Waals surface area contributed by atoms with Crippen LogP contribution in [0.1, 0.15) is 5.56 Å². The lowest BCUT2D eigenvalue weighted by Gasteiger charge is -2.35. The minimum Gasteiger partial charge on any atom is -0.395 e. The monoisotopic (exact) mass is 419 g/mol. The molecule has 10 heteroatoms. The number of β-amino-alcohol motifs (C(OH)–C–C–N with tert-alkyl or cyclic N) is 1. The molecule has 0 atom stereocenters. The van der Waals surface area contributed by atoms with Gasteiger partial charge in [0.25, 0.3) is 5.89 Å². The summed E-state index contributed by atoms with van der Waals surface area (Å²) in [5.41, 5.74) is 0.0463. The molecule has 0 amide bonds. The van der Waals surface area contributed by atoms with E-state index in [1.165, 1.54) is 12.1 Å². The van der Waals surface area contributed by atoms with Gasteiger partial charge in [0.05, 0.1) is 17.7 Å². The summed E-state index contributed by atoms with van der Waals surface area (Å²) in [6.07, 6.45) is -2.83. The van der Waals surface area contributed by atoms with Gasteiger partial charge in [-0.1, -0.05) is 17.3 Å². The fourth-order valence-electron chi connectivity index (χ4n) is 3.33. The second-order valence-corrected chi connectivity index (χ2v) is 6.96. The number of piperazine rings is 1. The third-order valence-corrected chi connectivity index (χ3v) is 4.98. The lowest BCUT2D eigenvalue weighted by Crippen LogP contribution is -2.47. The molecule has 30 heavy (non-hydrogen) atoms. The lowest BCUT2D eigenvalue weighted by atomic mass is 10.1. The van der Waals surface area contributed by atoms with E-state index in [9.17, 15) is 13.2 Å². The van der Waals surface area contributed by atoms with Gasteiger partial charge in [-0.15, -0.1) is 0 Å². The van der Waals surface area contributed by atoms with Crippen LogP contribution in [0.5, 0.6) is 0 Å². The molecule has 1 aliphatic rings. The summed E-state index contributed by atoms with van der Waals surface area (Å²) in [6, 6.07) is 8.45. The van der Waals surface area contributed by atoms with E-state index in [4.69, 9.17) is 9.63 Å². The van der Waals surface area contributed by atoms with Gasteiger partial charge in [-0.05, 0) is 24.3 Å². The van der Waals surface area contributed by atoms with Crippen LogP contribution < -0.4 is 4.90 Å². The van der Waals surface area contributed by atoms with E-state index in [1.807, 2.05) is 6.07 Å². The van der Waals surface area contributed by atoms with Crippen LogP contribution in [0.25, 0.3) is 22.8 Å². The smallest absolute Gasteiger partial charge is 0.395 e. The van der Waals surface area contributed by atoms with Gasteiger partial charge in [0.2, 0.25) is 5.82 Å². The lowest BCUT2D eigenvalue weighted by molar-refractivity contribution is -0.137. The van der Waals surface area contributed by atoms with E-state index in [2.05, 4.69) is 24.9 Å². The summed E-state index contributed by atoms with van der Waals surface area (Å²) in [5.74, 6) is 1.09. The van der Waals surface area contributed by atoms with Crippen molar-refractivity contribution in [1.82, 2.24) is 20.0 Å². The molecule has 2 aromatic heterocycles. The van der Waals surface area contributed by atoms with Crippen molar-refractivity contribution in [1.29, 1.82) is 0 Å². The predicted octanol–water partition coefficient (Wildman–Crippen LogP) is 2.93. The zero-order valence-corrected chi connectivity index (χ0v) is 16.0. The van der Waals surface area contributed by atoms with Crippen molar-refractivity contribution in [3.05, 3.63) is 48.2 Å². The Morgan fingerprint density at radius 3 is 2.50 bits per heavy atom. The van der Waals surface area contributed by atoms with Crippen molar-refractivity contribution in [3.8, 4) is 22.8 Å². The number of rotatable bonds is 5. The van der Waals surface area contributed by atoms with Crippen LogP contribution in [0, 0.1) is 0 Å². The molecule has 1 N–H and O–H groups in total. The summed E-state index contributed by atoms with van der Waals surface area (Å²) in [4.78, 5) is 13.0. The van der Waals surface area contributed by atoms with Crippen LogP contribution in [0.4, 0.5) is 19.0 Å². The number of hydrogen-bond donors (Lipinski definition) is 1. The number of aromatic nitrogens is 3. The van der Waals surface area contributed by atoms with Crippen LogP contribution in [-0.4, -0.2) is 64.5 Å². The molecule has 0 aliphatic carbocycles. The summed E-state index contributed by atoms with van der Waals surface area (Å²) < 4.78 is 44.0. The van der Waals surface area contributed by atoms with E-state index >= 15 is 0 Å². The third kappa shape index (κ3) is 4.44. The van der Waals surface area contributed by atoms with Crippen LogP contribution >= 0.6 is 0 Å². The summed E-state index contributed by atoms with van der Waals surface area (Å²) >= 11 is 0. The van der Waals surface area contributed by atoms with E-state index in [1.54, 1.807) is 12.3 Å². The van der Waals surface area contributed by atoms with Crippen molar-refractivity contribution in [2.24, 2.45) is 0 Å². The number of benzene rings is 1. The van der Waals surface area contributed by atoms with Crippen LogP contribution in [0.3, 0.4) is 0 Å². The first kappa shape index (κ1) is 20.3. The van der Waals surface area contributed by atoms with E-state index in [-0.39, 0.29) is 23.9 Å². The molecule has 0 bridgehead atoms. The molecule has 1 aliphatic heterocycles. The van der Waals surface area contributed by atoms with Gasteiger partial charge < -0.3 is 14.5 Å². The van der Waals surface area contributed by atoms with Gasteiger partial charge >= 0.3 is 6.18 Å². The van der Waals surface area contributed by atoms with E-state index in [0.29, 0.717) is 12.1 Å². The fourth-order valence-corrected chi connectivity index (χ4v) is 3.33. The predicted molar refractivity (Wildman–Crippen MR) is 104 cm³/mol. The minimum absolute atomic E-state index is 0.0835. The number of halogens is 3. The molecular formula is C20H20F3N5O2. The van der Waals surface area contributed by atoms with Gasteiger partial charge in [-0.2, -0.15) is 18.2 Å². The number of alkyl halides is 3. The molecular weight excluding hydrogens is 399 g/mol. The normalized spacial score (nSPS) is 15.5. The molecule has 0 saturated carbocycles. The molecule has 0 spiro atoms. The van der Waals surface area contributed by atoms with Crippen LogP contribution in [0.15, 0.2) is 47.1 Å². The highest BCUT2D eigenvalue weighted by atomic mass is 19.4. The Bertz CT molecular complexity index is 983. The molecule has 158 valence electrons. The topological polar surface area (TPSA) is 78.5 Å². The summed E-state index contributed by atoms with van der Waals surface area (Å²) in [6.45, 7) is 4.16. The Morgan fingerprint density at radius 1 is 1.03 bits per heavy atom. The zero-order chi connectivity index (χ0) is 21.1. The van der Waals surface area contributed by atoms with E-state index < -0.39 is 11.7 Å². The Kier molecular flexibility index (Phi) is 5.69. The average molecular weight is 419 g/mol. The summed E-state index contributed by atoms with van der Waals surface area (Å²) in [5, 5.41) is 12.8. The van der Waals surface area contributed by atoms with Gasteiger partial charge in [-0.3, -0.25) is 4.90 Å². The molecule has 3 heterocycles. The second-order valence-electron chi connectivity index (χ2n) is 6.96. The number of aliphatic hydroxyl groups is 1.